The first-order valence-electron chi connectivity index (χ1n) is 9.66. The van der Waals surface area contributed by atoms with Gasteiger partial charge in [0.15, 0.2) is 0 Å². The first-order chi connectivity index (χ1) is 14.3. The van der Waals surface area contributed by atoms with Crippen molar-refractivity contribution in [3.8, 4) is 0 Å². The Hall–Kier alpha value is -2.93. The quantitative estimate of drug-likeness (QED) is 0.545. The number of amides is 1. The summed E-state index contributed by atoms with van der Waals surface area (Å²) in [7, 11) is 0. The van der Waals surface area contributed by atoms with E-state index in [-0.39, 0.29) is 17.9 Å². The van der Waals surface area contributed by atoms with Crippen LogP contribution in [0.1, 0.15) is 36.2 Å². The van der Waals surface area contributed by atoms with Crippen molar-refractivity contribution < 1.29 is 14.7 Å². The highest BCUT2D eigenvalue weighted by atomic mass is 79.9. The van der Waals surface area contributed by atoms with Crippen LogP contribution in [0.25, 0.3) is 10.9 Å². The molecule has 0 fully saturated rings. The Morgan fingerprint density at radius 2 is 1.83 bits per heavy atom. The second kappa shape index (κ2) is 9.26. The summed E-state index contributed by atoms with van der Waals surface area (Å²) in [5.74, 6) is -1.73. The van der Waals surface area contributed by atoms with E-state index in [1.165, 1.54) is 6.20 Å². The lowest BCUT2D eigenvalue weighted by molar-refractivity contribution is -0.139. The predicted octanol–water partition coefficient (Wildman–Crippen LogP) is 4.04. The molecule has 0 saturated heterocycles. The van der Waals surface area contributed by atoms with Crippen molar-refractivity contribution in [3.63, 3.8) is 0 Å². The van der Waals surface area contributed by atoms with E-state index >= 15 is 0 Å². The number of aliphatic carboxylic acids is 1. The maximum atomic E-state index is 13.1. The normalized spacial score (nSPS) is 12.1. The van der Waals surface area contributed by atoms with Gasteiger partial charge in [-0.15, -0.1) is 0 Å². The number of halogens is 1. The molecule has 7 heteroatoms. The van der Waals surface area contributed by atoms with Gasteiger partial charge in [-0.2, -0.15) is 0 Å². The van der Waals surface area contributed by atoms with Gasteiger partial charge in [0.25, 0.3) is 5.91 Å². The summed E-state index contributed by atoms with van der Waals surface area (Å²) >= 11 is 3.38. The molecule has 0 aliphatic rings. The number of hydrogen-bond donors (Lipinski definition) is 2. The third-order valence-electron chi connectivity index (χ3n) is 4.79. The van der Waals surface area contributed by atoms with Crippen molar-refractivity contribution in [2.75, 3.05) is 0 Å². The fourth-order valence-corrected chi connectivity index (χ4v) is 3.73. The molecule has 30 heavy (non-hydrogen) atoms. The summed E-state index contributed by atoms with van der Waals surface area (Å²) in [5, 5.41) is 12.3. The fraction of sp³-hybridized carbons (Fsp3) is 0.261. The Bertz CT molecular complexity index is 1140. The SMILES string of the molecule is CC(C)CC(NC(=O)c1cn(Cc2ccccc2)c2ccc(Br)cc2c1=O)C(=O)O. The van der Waals surface area contributed by atoms with E-state index in [1.54, 1.807) is 6.07 Å². The zero-order valence-electron chi connectivity index (χ0n) is 16.8. The Labute approximate surface area is 182 Å². The molecule has 0 spiro atoms. The van der Waals surface area contributed by atoms with Gasteiger partial charge in [-0.25, -0.2) is 4.79 Å². The van der Waals surface area contributed by atoms with E-state index in [0.717, 1.165) is 10.0 Å². The highest BCUT2D eigenvalue weighted by Gasteiger charge is 2.24. The van der Waals surface area contributed by atoms with E-state index < -0.39 is 23.3 Å². The molecule has 0 bridgehead atoms. The highest BCUT2D eigenvalue weighted by Crippen LogP contribution is 2.19. The number of carboxylic acid groups (broad SMARTS) is 1. The second-order valence-corrected chi connectivity index (χ2v) is 8.56. The lowest BCUT2D eigenvalue weighted by atomic mass is 10.0. The number of rotatable bonds is 7. The van der Waals surface area contributed by atoms with Gasteiger partial charge in [0.1, 0.15) is 11.6 Å². The molecule has 1 unspecified atom stereocenters. The standard InChI is InChI=1S/C23H23BrN2O4/c1-14(2)10-19(23(29)30)25-22(28)18-13-26(12-15-6-4-3-5-7-15)20-9-8-16(24)11-17(20)21(18)27/h3-9,11,13-14,19H,10,12H2,1-2H3,(H,25,28)(H,29,30). The number of nitrogens with zero attached hydrogens (tertiary/aromatic N) is 1. The van der Waals surface area contributed by atoms with Crippen molar-refractivity contribution >= 4 is 38.7 Å². The molecule has 3 rings (SSSR count). The van der Waals surface area contributed by atoms with E-state index in [1.807, 2.05) is 60.9 Å². The van der Waals surface area contributed by atoms with Gasteiger partial charge in [-0.1, -0.05) is 60.1 Å². The van der Waals surface area contributed by atoms with Crippen LogP contribution in [0.3, 0.4) is 0 Å². The summed E-state index contributed by atoms with van der Waals surface area (Å²) in [5.41, 5.74) is 1.20. The number of carbonyl (C=O) groups is 2. The summed E-state index contributed by atoms with van der Waals surface area (Å²) in [6.07, 6.45) is 1.79. The van der Waals surface area contributed by atoms with Crippen LogP contribution >= 0.6 is 15.9 Å². The minimum atomic E-state index is -1.12. The van der Waals surface area contributed by atoms with Gasteiger partial charge in [0.2, 0.25) is 5.43 Å². The molecule has 0 aliphatic heterocycles. The van der Waals surface area contributed by atoms with E-state index in [4.69, 9.17) is 0 Å². The van der Waals surface area contributed by atoms with Crippen molar-refractivity contribution in [3.05, 3.63) is 80.6 Å². The van der Waals surface area contributed by atoms with Crippen molar-refractivity contribution in [1.29, 1.82) is 0 Å². The molecule has 6 nitrogen and oxygen atoms in total. The van der Waals surface area contributed by atoms with Gasteiger partial charge in [-0.05, 0) is 36.1 Å². The van der Waals surface area contributed by atoms with Gasteiger partial charge < -0.3 is 15.0 Å². The first kappa shape index (κ1) is 21.8. The summed E-state index contributed by atoms with van der Waals surface area (Å²) in [6.45, 7) is 4.22. The van der Waals surface area contributed by atoms with Crippen LogP contribution < -0.4 is 10.7 Å². The number of nitrogens with one attached hydrogen (secondary N) is 1. The summed E-state index contributed by atoms with van der Waals surface area (Å²) in [4.78, 5) is 37.5. The van der Waals surface area contributed by atoms with Crippen LogP contribution in [0.2, 0.25) is 0 Å². The van der Waals surface area contributed by atoms with Crippen LogP contribution in [0.4, 0.5) is 0 Å². The Kier molecular flexibility index (Phi) is 6.72. The Morgan fingerprint density at radius 1 is 1.13 bits per heavy atom. The van der Waals surface area contributed by atoms with Crippen molar-refractivity contribution in [2.24, 2.45) is 5.92 Å². The average Bonchev–Trinajstić information content (AvgIpc) is 2.70. The number of benzene rings is 2. The van der Waals surface area contributed by atoms with Gasteiger partial charge in [-0.3, -0.25) is 9.59 Å². The first-order valence-corrected chi connectivity index (χ1v) is 10.5. The molecule has 1 amide bonds. The molecule has 1 atom stereocenters. The molecular formula is C23H23BrN2O4. The lowest BCUT2D eigenvalue weighted by Crippen LogP contribution is -2.43. The van der Waals surface area contributed by atoms with Crippen LogP contribution in [0.5, 0.6) is 0 Å². The molecule has 0 radical (unpaired) electrons. The summed E-state index contributed by atoms with van der Waals surface area (Å²) < 4.78 is 2.56. The number of pyridine rings is 1. The Balaban J connectivity index is 2.07. The zero-order chi connectivity index (χ0) is 21.8. The molecular weight excluding hydrogens is 448 g/mol. The molecule has 1 aromatic heterocycles. The number of aromatic nitrogens is 1. The fourth-order valence-electron chi connectivity index (χ4n) is 3.37. The lowest BCUT2D eigenvalue weighted by Gasteiger charge is -2.18. The van der Waals surface area contributed by atoms with Gasteiger partial charge in [0.05, 0.1) is 5.52 Å². The summed E-state index contributed by atoms with van der Waals surface area (Å²) in [6, 6.07) is 14.0. The Morgan fingerprint density at radius 3 is 2.47 bits per heavy atom. The molecule has 2 N–H and O–H groups in total. The van der Waals surface area contributed by atoms with Crippen LogP contribution in [0.15, 0.2) is 64.0 Å². The van der Waals surface area contributed by atoms with Crippen molar-refractivity contribution in [1.82, 2.24) is 9.88 Å². The third-order valence-corrected chi connectivity index (χ3v) is 5.29. The molecule has 0 aliphatic carbocycles. The minimum absolute atomic E-state index is 0.0773. The number of carboxylic acids is 1. The molecule has 1 heterocycles. The topological polar surface area (TPSA) is 88.4 Å². The number of hydrogen-bond acceptors (Lipinski definition) is 3. The second-order valence-electron chi connectivity index (χ2n) is 7.64. The van der Waals surface area contributed by atoms with E-state index in [9.17, 15) is 19.5 Å². The van der Waals surface area contributed by atoms with Gasteiger partial charge >= 0.3 is 5.97 Å². The molecule has 156 valence electrons. The maximum absolute atomic E-state index is 13.1. The molecule has 3 aromatic rings. The number of fused-ring (bicyclic) bond motifs is 1. The van der Waals surface area contributed by atoms with Crippen LogP contribution in [-0.4, -0.2) is 27.6 Å². The molecule has 0 saturated carbocycles. The zero-order valence-corrected chi connectivity index (χ0v) is 18.3. The predicted molar refractivity (Wildman–Crippen MR) is 120 cm³/mol. The molecule has 2 aromatic carbocycles. The smallest absolute Gasteiger partial charge is 0.326 e. The van der Waals surface area contributed by atoms with E-state index in [0.29, 0.717) is 17.4 Å². The minimum Gasteiger partial charge on any atom is -0.480 e. The number of carbonyl (C=O) groups excluding carboxylic acids is 1. The average molecular weight is 471 g/mol. The largest absolute Gasteiger partial charge is 0.480 e. The van der Waals surface area contributed by atoms with Crippen LogP contribution in [0, 0.1) is 5.92 Å². The van der Waals surface area contributed by atoms with Crippen molar-refractivity contribution in [2.45, 2.75) is 32.9 Å². The van der Waals surface area contributed by atoms with Crippen LogP contribution in [-0.2, 0) is 11.3 Å². The maximum Gasteiger partial charge on any atom is 0.326 e. The van der Waals surface area contributed by atoms with E-state index in [2.05, 4.69) is 21.2 Å². The monoisotopic (exact) mass is 470 g/mol. The highest BCUT2D eigenvalue weighted by molar-refractivity contribution is 9.10. The third kappa shape index (κ3) is 4.97. The van der Waals surface area contributed by atoms with Gasteiger partial charge in [0, 0.05) is 22.6 Å².